The van der Waals surface area contributed by atoms with E-state index in [0.29, 0.717) is 0 Å². The van der Waals surface area contributed by atoms with Crippen LogP contribution in [0.1, 0.15) is 36.0 Å². The van der Waals surface area contributed by atoms with Gasteiger partial charge in [-0.05, 0) is 76.5 Å². The summed E-state index contributed by atoms with van der Waals surface area (Å²) in [5.41, 5.74) is 0.797. The van der Waals surface area contributed by atoms with Crippen LogP contribution in [0.15, 0.2) is 24.3 Å². The molecule has 1 fully saturated rings. The Balaban J connectivity index is 1.87. The van der Waals surface area contributed by atoms with Crippen LogP contribution < -0.4 is 4.74 Å². The molecule has 3 nitrogen and oxygen atoms in total. The minimum Gasteiger partial charge on any atom is -0.497 e. The van der Waals surface area contributed by atoms with Crippen LogP contribution in [0.4, 0.5) is 0 Å². The lowest BCUT2D eigenvalue weighted by atomic mass is 9.89. The molecule has 0 bridgehead atoms. The average molecular weight is 273 g/mol. The molecule has 0 N–H and O–H groups in total. The summed E-state index contributed by atoms with van der Waals surface area (Å²) in [5, 5.41) is 0. The lowest BCUT2D eigenvalue weighted by molar-refractivity contribution is 0.0839. The van der Waals surface area contributed by atoms with Crippen LogP contribution in [-0.4, -0.2) is 37.4 Å². The maximum Gasteiger partial charge on any atom is 0.166 e. The minimum absolute atomic E-state index is 0.164. The van der Waals surface area contributed by atoms with Crippen molar-refractivity contribution in [2.24, 2.45) is 5.92 Å². The number of methoxy groups -OCH3 is 1. The second-order valence-electron chi connectivity index (χ2n) is 5.35. The van der Waals surface area contributed by atoms with E-state index in [9.17, 15) is 4.79 Å². The summed E-state index contributed by atoms with van der Waals surface area (Å²) in [4.78, 5) is 14.8. The maximum atomic E-state index is 12.4. The number of benzene rings is 1. The van der Waals surface area contributed by atoms with Gasteiger partial charge in [-0.15, -0.1) is 0 Å². The molecule has 0 unspecified atom stereocenters. The molecule has 1 aromatic carbocycles. The Bertz CT molecular complexity index is 419. The molecular formula is C17H23NO2. The number of piperidine rings is 1. The molecule has 0 aliphatic carbocycles. The third-order valence-corrected chi connectivity index (χ3v) is 4.01. The second kappa shape index (κ2) is 7.44. The highest BCUT2D eigenvalue weighted by atomic mass is 16.5. The molecule has 2 radical (unpaired) electrons. The van der Waals surface area contributed by atoms with E-state index in [-0.39, 0.29) is 11.7 Å². The van der Waals surface area contributed by atoms with Crippen molar-refractivity contribution in [3.05, 3.63) is 36.8 Å². The average Bonchev–Trinajstić information content (AvgIpc) is 2.53. The van der Waals surface area contributed by atoms with Gasteiger partial charge in [0, 0.05) is 11.5 Å². The third-order valence-electron chi connectivity index (χ3n) is 4.01. The van der Waals surface area contributed by atoms with Gasteiger partial charge >= 0.3 is 0 Å². The van der Waals surface area contributed by atoms with Gasteiger partial charge in [0.15, 0.2) is 5.78 Å². The van der Waals surface area contributed by atoms with E-state index < -0.39 is 0 Å². The Morgan fingerprint density at radius 3 is 2.50 bits per heavy atom. The van der Waals surface area contributed by atoms with Crippen molar-refractivity contribution in [1.82, 2.24) is 4.90 Å². The van der Waals surface area contributed by atoms with E-state index in [1.165, 1.54) is 0 Å². The Morgan fingerprint density at radius 2 is 1.95 bits per heavy atom. The lowest BCUT2D eigenvalue weighted by Gasteiger charge is -2.31. The first-order valence-corrected chi connectivity index (χ1v) is 7.35. The number of nitrogens with zero attached hydrogens (tertiary/aromatic N) is 1. The Kier molecular flexibility index (Phi) is 5.60. The van der Waals surface area contributed by atoms with Crippen LogP contribution >= 0.6 is 0 Å². The molecule has 2 rings (SSSR count). The Labute approximate surface area is 121 Å². The van der Waals surface area contributed by atoms with Crippen molar-refractivity contribution in [2.75, 3.05) is 26.7 Å². The zero-order valence-electron chi connectivity index (χ0n) is 12.2. The smallest absolute Gasteiger partial charge is 0.166 e. The normalized spacial score (nSPS) is 17.1. The van der Waals surface area contributed by atoms with E-state index in [1.807, 2.05) is 24.3 Å². The minimum atomic E-state index is 0.164. The van der Waals surface area contributed by atoms with Crippen molar-refractivity contribution < 1.29 is 9.53 Å². The molecule has 0 aromatic heterocycles. The molecule has 1 heterocycles. The van der Waals surface area contributed by atoms with Gasteiger partial charge in [-0.2, -0.15) is 0 Å². The van der Waals surface area contributed by atoms with Crippen LogP contribution in [0.5, 0.6) is 5.75 Å². The fourth-order valence-corrected chi connectivity index (χ4v) is 2.72. The summed E-state index contributed by atoms with van der Waals surface area (Å²) < 4.78 is 5.12. The molecular weight excluding hydrogens is 250 g/mol. The fourth-order valence-electron chi connectivity index (χ4n) is 2.72. The van der Waals surface area contributed by atoms with Gasteiger partial charge in [0.05, 0.1) is 7.11 Å². The number of unbranched alkanes of at least 4 members (excludes halogenated alkanes) is 1. The van der Waals surface area contributed by atoms with E-state index >= 15 is 0 Å². The largest absolute Gasteiger partial charge is 0.497 e. The van der Waals surface area contributed by atoms with E-state index in [2.05, 4.69) is 4.90 Å². The maximum absolute atomic E-state index is 12.4. The lowest BCUT2D eigenvalue weighted by Crippen LogP contribution is -2.36. The quantitative estimate of drug-likeness (QED) is 0.746. The monoisotopic (exact) mass is 273 g/mol. The number of rotatable bonds is 6. The Hall–Kier alpha value is -1.35. The molecule has 0 amide bonds. The summed E-state index contributed by atoms with van der Waals surface area (Å²) in [6.45, 7) is 8.60. The van der Waals surface area contributed by atoms with Gasteiger partial charge in [-0.1, -0.05) is 0 Å². The highest BCUT2D eigenvalue weighted by molar-refractivity contribution is 5.98. The summed E-state index contributed by atoms with van der Waals surface area (Å²) in [6.07, 6.45) is 3.69. The predicted octanol–water partition coefficient (Wildman–Crippen LogP) is 3.08. The van der Waals surface area contributed by atoms with Crippen LogP contribution in [0.3, 0.4) is 0 Å². The molecule has 3 heteroatoms. The molecule has 0 atom stereocenters. The number of ketones is 1. The van der Waals surface area contributed by atoms with E-state index in [0.717, 1.165) is 56.6 Å². The van der Waals surface area contributed by atoms with Crippen molar-refractivity contribution in [1.29, 1.82) is 0 Å². The number of hydrogen-bond acceptors (Lipinski definition) is 3. The van der Waals surface area contributed by atoms with Crippen LogP contribution in [0.2, 0.25) is 0 Å². The first-order chi connectivity index (χ1) is 9.74. The zero-order valence-corrected chi connectivity index (χ0v) is 12.2. The van der Waals surface area contributed by atoms with Crippen molar-refractivity contribution in [3.8, 4) is 5.75 Å². The van der Waals surface area contributed by atoms with E-state index in [4.69, 9.17) is 11.7 Å². The second-order valence-corrected chi connectivity index (χ2v) is 5.35. The van der Waals surface area contributed by atoms with Gasteiger partial charge in [0.1, 0.15) is 5.75 Å². The number of hydrogen-bond donors (Lipinski definition) is 0. The fraction of sp³-hybridized carbons (Fsp3) is 0.529. The van der Waals surface area contributed by atoms with Crippen molar-refractivity contribution >= 4 is 5.78 Å². The van der Waals surface area contributed by atoms with Gasteiger partial charge in [0.2, 0.25) is 0 Å². The molecule has 1 aliphatic heterocycles. The van der Waals surface area contributed by atoms with Gasteiger partial charge in [-0.3, -0.25) is 4.79 Å². The molecule has 0 saturated carbocycles. The first kappa shape index (κ1) is 15.0. The van der Waals surface area contributed by atoms with E-state index in [1.54, 1.807) is 7.11 Å². The predicted molar refractivity (Wildman–Crippen MR) is 80.0 cm³/mol. The Morgan fingerprint density at radius 1 is 1.30 bits per heavy atom. The number of Topliss-reactive ketones (excluding diaryl/α,β-unsaturated/α-hetero) is 1. The summed E-state index contributed by atoms with van der Waals surface area (Å²) in [5.74, 6) is 1.22. The number of carbonyl (C=O) groups is 1. The van der Waals surface area contributed by atoms with Gasteiger partial charge in [0.25, 0.3) is 0 Å². The standard InChI is InChI=1S/C17H23NO2/c1-3-4-11-18-12-9-15(10-13-18)17(19)14-5-7-16(20-2)8-6-14/h1,5-8,15H,3-4,9-13H2,2H3. The molecule has 1 aromatic rings. The number of likely N-dealkylation sites (tertiary alicyclic amines) is 1. The van der Waals surface area contributed by atoms with Crippen molar-refractivity contribution in [2.45, 2.75) is 25.7 Å². The molecule has 1 saturated heterocycles. The summed E-state index contributed by atoms with van der Waals surface area (Å²) in [7, 11) is 1.63. The molecule has 0 spiro atoms. The molecule has 108 valence electrons. The van der Waals surface area contributed by atoms with Crippen molar-refractivity contribution in [3.63, 3.8) is 0 Å². The first-order valence-electron chi connectivity index (χ1n) is 7.35. The third kappa shape index (κ3) is 3.83. The summed E-state index contributed by atoms with van der Waals surface area (Å²) in [6, 6.07) is 7.43. The highest BCUT2D eigenvalue weighted by Crippen LogP contribution is 2.23. The topological polar surface area (TPSA) is 29.5 Å². The van der Waals surface area contributed by atoms with Crippen LogP contribution in [-0.2, 0) is 0 Å². The van der Waals surface area contributed by atoms with Gasteiger partial charge in [-0.25, -0.2) is 0 Å². The molecule has 20 heavy (non-hydrogen) atoms. The SMILES string of the molecule is [CH]CCCN1CCC(C(=O)c2ccc(OC)cc2)CC1. The van der Waals surface area contributed by atoms with Gasteiger partial charge < -0.3 is 9.64 Å². The molecule has 1 aliphatic rings. The number of ether oxygens (including phenoxy) is 1. The zero-order chi connectivity index (χ0) is 14.4. The van der Waals surface area contributed by atoms with Crippen LogP contribution in [0, 0.1) is 12.8 Å². The highest BCUT2D eigenvalue weighted by Gasteiger charge is 2.25. The summed E-state index contributed by atoms with van der Waals surface area (Å²) >= 11 is 0. The van der Waals surface area contributed by atoms with Crippen LogP contribution in [0.25, 0.3) is 0 Å². The number of carbonyl (C=O) groups excluding carboxylic acids is 1.